The predicted octanol–water partition coefficient (Wildman–Crippen LogP) is 7.92. The molecule has 0 radical (unpaired) electrons. The first kappa shape index (κ1) is 29.7. The molecule has 0 saturated heterocycles. The topological polar surface area (TPSA) is 24.9 Å². The first-order chi connectivity index (χ1) is 18.6. The molecule has 0 aromatic heterocycles. The first-order valence-corrected chi connectivity index (χ1v) is 13.0. The minimum absolute atomic E-state index is 0.226. The standard InChI is InChI=1S/C32H37F3N2O2/c1-7-38-29-19-18-28(22-30(29)39-8-2)37(21-20-25-14-16-27(17-15-25)32(33,34)35)24(4)31(23(3)36(5)6)26-12-10-9-11-13-26/h9-19,22,31H,3-4,7-8,20-21H2,1-2,5-6H3. The van der Waals surface area contributed by atoms with Crippen molar-refractivity contribution in [1.82, 2.24) is 4.90 Å². The Labute approximate surface area is 230 Å². The highest BCUT2D eigenvalue weighted by Gasteiger charge is 2.30. The van der Waals surface area contributed by atoms with E-state index < -0.39 is 11.7 Å². The number of alkyl halides is 3. The SMILES string of the molecule is C=C(C(C(=C)N(CCc1ccc(C(F)(F)F)cc1)c1ccc(OCC)c(OCC)c1)c1ccccc1)N(C)C. The van der Waals surface area contributed by atoms with Gasteiger partial charge in [0, 0.05) is 43.8 Å². The lowest BCUT2D eigenvalue weighted by molar-refractivity contribution is -0.137. The van der Waals surface area contributed by atoms with Gasteiger partial charge in [0.05, 0.1) is 24.7 Å². The van der Waals surface area contributed by atoms with Crippen LogP contribution in [0.3, 0.4) is 0 Å². The maximum Gasteiger partial charge on any atom is 0.416 e. The molecule has 0 saturated carbocycles. The number of hydrogen-bond acceptors (Lipinski definition) is 4. The van der Waals surface area contributed by atoms with Gasteiger partial charge in [-0.3, -0.25) is 0 Å². The zero-order valence-electron chi connectivity index (χ0n) is 23.1. The maximum absolute atomic E-state index is 13.1. The molecule has 208 valence electrons. The van der Waals surface area contributed by atoms with Crippen LogP contribution in [0.25, 0.3) is 0 Å². The van der Waals surface area contributed by atoms with E-state index in [2.05, 4.69) is 18.1 Å². The summed E-state index contributed by atoms with van der Waals surface area (Å²) < 4.78 is 50.9. The lowest BCUT2D eigenvalue weighted by Crippen LogP contribution is -2.31. The van der Waals surface area contributed by atoms with Crippen LogP contribution in [-0.4, -0.2) is 38.8 Å². The van der Waals surface area contributed by atoms with Crippen LogP contribution in [-0.2, 0) is 12.6 Å². The van der Waals surface area contributed by atoms with Crippen molar-refractivity contribution in [3.05, 3.63) is 114 Å². The number of nitrogens with zero attached hydrogens (tertiary/aromatic N) is 2. The second-order valence-electron chi connectivity index (χ2n) is 9.31. The van der Waals surface area contributed by atoms with Crippen molar-refractivity contribution in [3.63, 3.8) is 0 Å². The van der Waals surface area contributed by atoms with Crippen molar-refractivity contribution in [1.29, 1.82) is 0 Å². The van der Waals surface area contributed by atoms with Crippen LogP contribution in [0.15, 0.2) is 97.3 Å². The van der Waals surface area contributed by atoms with Crippen molar-refractivity contribution >= 4 is 5.69 Å². The highest BCUT2D eigenvalue weighted by Crippen LogP contribution is 2.39. The molecule has 3 aromatic rings. The maximum atomic E-state index is 13.1. The summed E-state index contributed by atoms with van der Waals surface area (Å²) >= 11 is 0. The Balaban J connectivity index is 2.03. The van der Waals surface area contributed by atoms with Crippen molar-refractivity contribution in [2.75, 3.05) is 38.8 Å². The van der Waals surface area contributed by atoms with Gasteiger partial charge in [-0.25, -0.2) is 0 Å². The Morgan fingerprint density at radius 3 is 2.00 bits per heavy atom. The fraction of sp³-hybridized carbons (Fsp3) is 0.312. The molecule has 0 spiro atoms. The third-order valence-electron chi connectivity index (χ3n) is 6.46. The number of likely N-dealkylation sites (N-methyl/N-ethyl adjacent to an activating group) is 1. The summed E-state index contributed by atoms with van der Waals surface area (Å²) in [5.74, 6) is 1.04. The molecule has 0 heterocycles. The van der Waals surface area contributed by atoms with Gasteiger partial charge in [-0.15, -0.1) is 0 Å². The van der Waals surface area contributed by atoms with Crippen molar-refractivity contribution < 1.29 is 22.6 Å². The van der Waals surface area contributed by atoms with Gasteiger partial charge >= 0.3 is 6.18 Å². The summed E-state index contributed by atoms with van der Waals surface area (Å²) in [5.41, 5.74) is 3.66. The molecular weight excluding hydrogens is 501 g/mol. The molecule has 0 amide bonds. The Bertz CT molecular complexity index is 1240. The van der Waals surface area contributed by atoms with Crippen LogP contribution < -0.4 is 14.4 Å². The molecule has 0 aliphatic rings. The molecule has 0 bridgehead atoms. The van der Waals surface area contributed by atoms with E-state index in [0.717, 1.165) is 40.3 Å². The molecule has 0 fully saturated rings. The molecule has 4 nitrogen and oxygen atoms in total. The highest BCUT2D eigenvalue weighted by molar-refractivity contribution is 5.61. The summed E-state index contributed by atoms with van der Waals surface area (Å²) in [5, 5.41) is 0. The van der Waals surface area contributed by atoms with Gasteiger partial charge in [0.15, 0.2) is 11.5 Å². The fourth-order valence-corrected chi connectivity index (χ4v) is 4.38. The van der Waals surface area contributed by atoms with E-state index in [1.807, 2.05) is 81.4 Å². The Hall–Kier alpha value is -3.87. The van der Waals surface area contributed by atoms with E-state index >= 15 is 0 Å². The second kappa shape index (κ2) is 13.3. The van der Waals surface area contributed by atoms with Crippen LogP contribution in [0.2, 0.25) is 0 Å². The monoisotopic (exact) mass is 538 g/mol. The Morgan fingerprint density at radius 1 is 0.821 bits per heavy atom. The molecule has 0 aliphatic carbocycles. The van der Waals surface area contributed by atoms with Gasteiger partial charge in [0.25, 0.3) is 0 Å². The molecule has 39 heavy (non-hydrogen) atoms. The Kier molecular flexibility index (Phi) is 10.1. The molecule has 0 N–H and O–H groups in total. The molecule has 7 heteroatoms. The van der Waals surface area contributed by atoms with E-state index in [1.165, 1.54) is 12.1 Å². The molecule has 1 atom stereocenters. The first-order valence-electron chi connectivity index (χ1n) is 13.0. The van der Waals surface area contributed by atoms with Gasteiger partial charge in [-0.1, -0.05) is 55.6 Å². The smallest absolute Gasteiger partial charge is 0.416 e. The number of ether oxygens (including phenoxy) is 2. The van der Waals surface area contributed by atoms with Gasteiger partial charge in [-0.2, -0.15) is 13.2 Å². The van der Waals surface area contributed by atoms with Crippen LogP contribution in [0.5, 0.6) is 11.5 Å². The molecule has 0 aliphatic heterocycles. The van der Waals surface area contributed by atoms with Crippen molar-refractivity contribution in [2.45, 2.75) is 32.4 Å². The van der Waals surface area contributed by atoms with Gasteiger partial charge in [-0.05, 0) is 55.7 Å². The molecule has 3 aromatic carbocycles. The van der Waals surface area contributed by atoms with E-state index in [0.29, 0.717) is 37.7 Å². The van der Waals surface area contributed by atoms with E-state index in [9.17, 15) is 13.2 Å². The van der Waals surface area contributed by atoms with Crippen molar-refractivity contribution in [2.24, 2.45) is 0 Å². The third kappa shape index (κ3) is 7.59. The largest absolute Gasteiger partial charge is 0.490 e. The lowest BCUT2D eigenvalue weighted by atomic mass is 9.91. The zero-order valence-corrected chi connectivity index (χ0v) is 23.1. The van der Waals surface area contributed by atoms with Crippen LogP contribution in [0.1, 0.15) is 36.5 Å². The molecule has 1 unspecified atom stereocenters. The van der Waals surface area contributed by atoms with Crippen LogP contribution in [0.4, 0.5) is 18.9 Å². The number of benzene rings is 3. The van der Waals surface area contributed by atoms with Gasteiger partial charge in [0.2, 0.25) is 0 Å². The molecular formula is C32H37F3N2O2. The lowest BCUT2D eigenvalue weighted by Gasteiger charge is -2.35. The third-order valence-corrected chi connectivity index (χ3v) is 6.46. The minimum atomic E-state index is -4.37. The van der Waals surface area contributed by atoms with E-state index in [1.54, 1.807) is 0 Å². The number of halogens is 3. The summed E-state index contributed by atoms with van der Waals surface area (Å²) in [7, 11) is 3.89. The second-order valence-corrected chi connectivity index (χ2v) is 9.31. The normalized spacial score (nSPS) is 12.0. The average Bonchev–Trinajstić information content (AvgIpc) is 2.91. The number of rotatable bonds is 13. The van der Waals surface area contributed by atoms with Gasteiger partial charge < -0.3 is 19.3 Å². The number of hydrogen-bond donors (Lipinski definition) is 0. The van der Waals surface area contributed by atoms with E-state index in [-0.39, 0.29) is 5.92 Å². The average molecular weight is 539 g/mol. The summed E-state index contributed by atoms with van der Waals surface area (Å²) in [6.45, 7) is 14.2. The molecule has 3 rings (SSSR count). The summed E-state index contributed by atoms with van der Waals surface area (Å²) in [6, 6.07) is 21.1. The predicted molar refractivity (Wildman–Crippen MR) is 152 cm³/mol. The fourth-order valence-electron chi connectivity index (χ4n) is 4.38. The van der Waals surface area contributed by atoms with E-state index in [4.69, 9.17) is 9.47 Å². The summed E-state index contributed by atoms with van der Waals surface area (Å²) in [4.78, 5) is 4.06. The van der Waals surface area contributed by atoms with Crippen LogP contribution >= 0.6 is 0 Å². The highest BCUT2D eigenvalue weighted by atomic mass is 19.4. The van der Waals surface area contributed by atoms with Crippen LogP contribution in [0, 0.1) is 0 Å². The zero-order chi connectivity index (χ0) is 28.6. The Morgan fingerprint density at radius 2 is 1.44 bits per heavy atom. The minimum Gasteiger partial charge on any atom is -0.490 e. The summed E-state index contributed by atoms with van der Waals surface area (Å²) in [6.07, 6.45) is -3.86. The van der Waals surface area contributed by atoms with Crippen molar-refractivity contribution in [3.8, 4) is 11.5 Å². The van der Waals surface area contributed by atoms with Gasteiger partial charge in [0.1, 0.15) is 0 Å². The quantitative estimate of drug-likeness (QED) is 0.221. The number of anilines is 1.